The van der Waals surface area contributed by atoms with Gasteiger partial charge in [-0.05, 0) is 107 Å². The molecule has 5 rings (SSSR count). The molecule has 1 aliphatic rings. The molecule has 0 saturated carbocycles. The quantitative estimate of drug-likeness (QED) is 0.123. The first-order valence-corrected chi connectivity index (χ1v) is 15.2. The Kier molecular flexibility index (Phi) is 8.20. The van der Waals surface area contributed by atoms with Gasteiger partial charge >= 0.3 is 5.97 Å². The lowest BCUT2D eigenvalue weighted by molar-refractivity contribution is -0.384. The summed E-state index contributed by atoms with van der Waals surface area (Å²) in [4.78, 5) is 42.9. The van der Waals surface area contributed by atoms with Crippen molar-refractivity contribution in [2.75, 3.05) is 6.61 Å². The minimum Gasteiger partial charge on any atom is -0.506 e. The van der Waals surface area contributed by atoms with Gasteiger partial charge in [-0.3, -0.25) is 19.5 Å². The van der Waals surface area contributed by atoms with Crippen LogP contribution in [0.4, 0.5) is 5.69 Å². The van der Waals surface area contributed by atoms with Crippen molar-refractivity contribution >= 4 is 74.3 Å². The van der Waals surface area contributed by atoms with E-state index in [0.717, 1.165) is 11.1 Å². The fraction of sp³-hybridized carbons (Fsp3) is 0.179. The molecule has 0 bridgehead atoms. The van der Waals surface area contributed by atoms with Crippen LogP contribution in [0.3, 0.4) is 0 Å². The maximum Gasteiger partial charge on any atom is 0.338 e. The molecule has 0 spiro atoms. The smallest absolute Gasteiger partial charge is 0.338 e. The summed E-state index contributed by atoms with van der Waals surface area (Å²) in [5, 5.41) is 21.5. The Morgan fingerprint density at radius 1 is 1.22 bits per heavy atom. The van der Waals surface area contributed by atoms with Gasteiger partial charge < -0.3 is 14.3 Å². The molecule has 4 aromatic rings. The van der Waals surface area contributed by atoms with Gasteiger partial charge in [-0.2, -0.15) is 0 Å². The molecule has 41 heavy (non-hydrogen) atoms. The fourth-order valence-corrected chi connectivity index (χ4v) is 7.38. The number of carbonyl (C=O) groups excluding carboxylic acids is 1. The summed E-state index contributed by atoms with van der Waals surface area (Å²) in [5.41, 5.74) is 2.09. The number of hydrogen-bond acceptors (Lipinski definition) is 9. The number of nitro groups is 1. The molecule has 10 nitrogen and oxygen atoms in total. The molecule has 1 atom stereocenters. The van der Waals surface area contributed by atoms with Gasteiger partial charge in [-0.25, -0.2) is 9.79 Å². The molecular formula is C28H21I2N3O7S. The predicted octanol–water partition coefficient (Wildman–Crippen LogP) is 5.19. The first kappa shape index (κ1) is 29.2. The number of phenols is 1. The van der Waals surface area contributed by atoms with Crippen LogP contribution in [0.2, 0.25) is 0 Å². The summed E-state index contributed by atoms with van der Waals surface area (Å²) in [6.07, 6.45) is 1.72. The zero-order valence-corrected chi connectivity index (χ0v) is 26.9. The van der Waals surface area contributed by atoms with Gasteiger partial charge in [-0.15, -0.1) is 0 Å². The van der Waals surface area contributed by atoms with Crippen LogP contribution in [-0.4, -0.2) is 27.2 Å². The highest BCUT2D eigenvalue weighted by Gasteiger charge is 2.35. The summed E-state index contributed by atoms with van der Waals surface area (Å²) in [7, 11) is 0. The van der Waals surface area contributed by atoms with Crippen molar-refractivity contribution in [3.05, 3.63) is 108 Å². The van der Waals surface area contributed by atoms with E-state index in [1.54, 1.807) is 50.3 Å². The van der Waals surface area contributed by atoms with E-state index in [9.17, 15) is 24.8 Å². The van der Waals surface area contributed by atoms with Crippen molar-refractivity contribution in [2.24, 2.45) is 4.99 Å². The van der Waals surface area contributed by atoms with Crippen LogP contribution < -0.4 is 14.9 Å². The van der Waals surface area contributed by atoms with E-state index in [1.807, 2.05) is 52.1 Å². The second kappa shape index (κ2) is 11.5. The van der Waals surface area contributed by atoms with Crippen molar-refractivity contribution in [1.82, 2.24) is 4.57 Å². The van der Waals surface area contributed by atoms with E-state index in [1.165, 1.54) is 28.0 Å². The van der Waals surface area contributed by atoms with Crippen LogP contribution in [-0.2, 0) is 9.53 Å². The normalized spacial score (nSPS) is 15.0. The Bertz CT molecular complexity index is 1930. The molecule has 0 amide bonds. The number of halogens is 2. The largest absolute Gasteiger partial charge is 0.506 e. The Morgan fingerprint density at radius 2 is 1.93 bits per heavy atom. The van der Waals surface area contributed by atoms with E-state index >= 15 is 0 Å². The number of nitro benzene ring substituents is 1. The van der Waals surface area contributed by atoms with Gasteiger partial charge in [0.25, 0.3) is 11.2 Å². The fourth-order valence-electron chi connectivity index (χ4n) is 4.51. The van der Waals surface area contributed by atoms with E-state index in [0.29, 0.717) is 33.5 Å². The summed E-state index contributed by atoms with van der Waals surface area (Å²) in [5.74, 6) is 0.186. The van der Waals surface area contributed by atoms with Crippen molar-refractivity contribution in [3.8, 4) is 17.1 Å². The Labute approximate surface area is 264 Å². The number of thiazole rings is 1. The van der Waals surface area contributed by atoms with Crippen molar-refractivity contribution < 1.29 is 24.0 Å². The summed E-state index contributed by atoms with van der Waals surface area (Å²) >= 11 is 5.23. The molecule has 2 aromatic carbocycles. The van der Waals surface area contributed by atoms with Crippen molar-refractivity contribution in [2.45, 2.75) is 26.8 Å². The number of aromatic nitrogens is 1. The molecule has 3 heterocycles. The Morgan fingerprint density at radius 3 is 2.59 bits per heavy atom. The number of non-ortho nitro benzene ring substituents is 1. The van der Waals surface area contributed by atoms with E-state index in [-0.39, 0.29) is 34.9 Å². The molecular weight excluding hydrogens is 776 g/mol. The number of ether oxygens (including phenoxy) is 1. The van der Waals surface area contributed by atoms with Gasteiger partial charge in [0.1, 0.15) is 23.3 Å². The molecule has 1 aliphatic heterocycles. The van der Waals surface area contributed by atoms with Crippen LogP contribution in [0.15, 0.2) is 67.9 Å². The van der Waals surface area contributed by atoms with Gasteiger partial charge in [0, 0.05) is 17.7 Å². The molecule has 0 aliphatic carbocycles. The number of aromatic hydroxyl groups is 1. The third-order valence-corrected chi connectivity index (χ3v) is 9.08. The average Bonchev–Trinajstić information content (AvgIpc) is 3.51. The first-order chi connectivity index (χ1) is 19.5. The second-order valence-electron chi connectivity index (χ2n) is 9.09. The highest BCUT2D eigenvalue weighted by molar-refractivity contribution is 14.1. The number of carbonyl (C=O) groups is 1. The summed E-state index contributed by atoms with van der Waals surface area (Å²) in [6, 6.07) is 10.4. The number of rotatable bonds is 6. The number of allylic oxidation sites excluding steroid dienone is 1. The standard InChI is InChI=1S/C28H21I2N3O7S/c1-4-39-27(36)23-14(3)31-28-32(26(35)22(41-28)11-15-9-18(29)25(34)19(30)10-15)24(23)21-8-7-20(40-21)17-12-16(33(37)38)6-5-13(17)2/h5-12,24,34H,4H2,1-3H3/b22-11-/t24-/m0/s1. The maximum atomic E-state index is 13.9. The van der Waals surface area contributed by atoms with Gasteiger partial charge in [0.15, 0.2) is 4.80 Å². The van der Waals surface area contributed by atoms with Crippen molar-refractivity contribution in [1.29, 1.82) is 0 Å². The SMILES string of the molecule is CCOC(=O)C1=C(C)N=c2s/c(=C\c3cc(I)c(O)c(I)c3)c(=O)n2[C@H]1c1ccc(-c2cc([N+](=O)[O-])ccc2C)o1. The van der Waals surface area contributed by atoms with E-state index in [4.69, 9.17) is 9.15 Å². The maximum absolute atomic E-state index is 13.9. The molecule has 13 heteroatoms. The Hall–Kier alpha value is -3.31. The number of benzene rings is 2. The minimum absolute atomic E-state index is 0.0851. The van der Waals surface area contributed by atoms with Crippen LogP contribution in [0, 0.1) is 24.2 Å². The number of phenolic OH excluding ortho intramolecular Hbond substituents is 1. The van der Waals surface area contributed by atoms with Gasteiger partial charge in [-0.1, -0.05) is 17.4 Å². The molecule has 1 N–H and O–H groups in total. The Balaban J connectivity index is 1.70. The zero-order chi connectivity index (χ0) is 29.6. The number of esters is 1. The summed E-state index contributed by atoms with van der Waals surface area (Å²) < 4.78 is 14.6. The number of aryl methyl sites for hydroxylation is 1. The lowest BCUT2D eigenvalue weighted by Crippen LogP contribution is -2.39. The molecule has 0 radical (unpaired) electrons. The van der Waals surface area contributed by atoms with Crippen molar-refractivity contribution in [3.63, 3.8) is 0 Å². The third kappa shape index (κ3) is 5.49. The molecule has 0 unspecified atom stereocenters. The monoisotopic (exact) mass is 797 g/mol. The van der Waals surface area contributed by atoms with E-state index in [2.05, 4.69) is 4.99 Å². The van der Waals surface area contributed by atoms with Crippen LogP contribution in [0.5, 0.6) is 5.75 Å². The molecule has 0 fully saturated rings. The predicted molar refractivity (Wildman–Crippen MR) is 169 cm³/mol. The summed E-state index contributed by atoms with van der Waals surface area (Å²) in [6.45, 7) is 5.30. The molecule has 210 valence electrons. The van der Waals surface area contributed by atoms with Crippen LogP contribution >= 0.6 is 56.5 Å². The number of furan rings is 1. The van der Waals surface area contributed by atoms with Gasteiger partial charge in [0.2, 0.25) is 0 Å². The van der Waals surface area contributed by atoms with Gasteiger partial charge in [0.05, 0.1) is 34.5 Å². The van der Waals surface area contributed by atoms with E-state index < -0.39 is 16.9 Å². The average molecular weight is 797 g/mol. The second-order valence-corrected chi connectivity index (χ2v) is 12.4. The topological polar surface area (TPSA) is 137 Å². The lowest BCUT2D eigenvalue weighted by atomic mass is 10.0. The molecule has 0 saturated heterocycles. The van der Waals surface area contributed by atoms with Crippen LogP contribution in [0.1, 0.15) is 36.8 Å². The molecule has 2 aromatic heterocycles. The van der Waals surface area contributed by atoms with Crippen LogP contribution in [0.25, 0.3) is 17.4 Å². The minimum atomic E-state index is -0.972. The lowest BCUT2D eigenvalue weighted by Gasteiger charge is -2.22. The number of nitrogens with zero attached hydrogens (tertiary/aromatic N) is 3. The third-order valence-electron chi connectivity index (χ3n) is 6.45. The highest BCUT2D eigenvalue weighted by Crippen LogP contribution is 2.36. The zero-order valence-electron chi connectivity index (χ0n) is 21.8. The highest BCUT2D eigenvalue weighted by atomic mass is 127. The number of hydrogen-bond donors (Lipinski definition) is 1. The first-order valence-electron chi connectivity index (χ1n) is 12.2. The number of fused-ring (bicyclic) bond motifs is 1.